The summed E-state index contributed by atoms with van der Waals surface area (Å²) in [5.74, 6) is 0.771. The molecule has 0 radical (unpaired) electrons. The molecule has 0 atom stereocenters. The van der Waals surface area contributed by atoms with Crippen LogP contribution in [0.25, 0.3) is 0 Å². The number of amides is 2. The van der Waals surface area contributed by atoms with E-state index in [2.05, 4.69) is 26.1 Å². The predicted molar refractivity (Wildman–Crippen MR) is 81.3 cm³/mol. The number of hydrogen-bond acceptors (Lipinski definition) is 2. The van der Waals surface area contributed by atoms with Crippen molar-refractivity contribution in [3.63, 3.8) is 0 Å². The minimum Gasteiger partial charge on any atom is -0.353 e. The summed E-state index contributed by atoms with van der Waals surface area (Å²) in [6, 6.07) is 0.236. The van der Waals surface area contributed by atoms with Gasteiger partial charge in [-0.25, -0.2) is 0 Å². The summed E-state index contributed by atoms with van der Waals surface area (Å²) in [6.07, 6.45) is 2.93. The second-order valence-electron chi connectivity index (χ2n) is 7.56. The van der Waals surface area contributed by atoms with Crippen LogP contribution in [0.4, 0.5) is 0 Å². The molecule has 1 rings (SSSR count). The van der Waals surface area contributed by atoms with Gasteiger partial charge in [0.25, 0.3) is 0 Å². The van der Waals surface area contributed by atoms with E-state index in [1.807, 2.05) is 18.7 Å². The SMILES string of the molecule is CC(C)CC(=O)NC1CCN(C(=O)CC(C)(C)C)CC1. The number of carbonyl (C=O) groups is 2. The van der Waals surface area contributed by atoms with E-state index in [9.17, 15) is 9.59 Å². The maximum atomic E-state index is 12.1. The second kappa shape index (κ2) is 7.09. The van der Waals surface area contributed by atoms with Crippen molar-refractivity contribution in [3.8, 4) is 0 Å². The summed E-state index contributed by atoms with van der Waals surface area (Å²) < 4.78 is 0. The van der Waals surface area contributed by atoms with E-state index in [-0.39, 0.29) is 23.3 Å². The number of carbonyl (C=O) groups excluding carboxylic acids is 2. The van der Waals surface area contributed by atoms with Crippen LogP contribution in [-0.4, -0.2) is 35.8 Å². The van der Waals surface area contributed by atoms with E-state index < -0.39 is 0 Å². The van der Waals surface area contributed by atoms with Gasteiger partial charge in [0.2, 0.25) is 11.8 Å². The Labute approximate surface area is 123 Å². The van der Waals surface area contributed by atoms with Gasteiger partial charge < -0.3 is 10.2 Å². The Hall–Kier alpha value is -1.06. The van der Waals surface area contributed by atoms with Gasteiger partial charge in [-0.15, -0.1) is 0 Å². The molecule has 1 aliphatic heterocycles. The second-order valence-corrected chi connectivity index (χ2v) is 7.56. The van der Waals surface area contributed by atoms with Gasteiger partial charge in [0.15, 0.2) is 0 Å². The third kappa shape index (κ3) is 6.40. The van der Waals surface area contributed by atoms with E-state index in [4.69, 9.17) is 0 Å². The summed E-state index contributed by atoms with van der Waals surface area (Å²) >= 11 is 0. The van der Waals surface area contributed by atoms with E-state index in [0.717, 1.165) is 25.9 Å². The molecule has 116 valence electrons. The highest BCUT2D eigenvalue weighted by atomic mass is 16.2. The molecule has 1 fully saturated rings. The summed E-state index contributed by atoms with van der Waals surface area (Å²) in [7, 11) is 0. The Balaban J connectivity index is 2.33. The van der Waals surface area contributed by atoms with Crippen molar-refractivity contribution in [2.24, 2.45) is 11.3 Å². The van der Waals surface area contributed by atoms with Crippen LogP contribution in [0.15, 0.2) is 0 Å². The Kier molecular flexibility index (Phi) is 6.03. The predicted octanol–water partition coefficient (Wildman–Crippen LogP) is 2.58. The minimum atomic E-state index is 0.0411. The van der Waals surface area contributed by atoms with Gasteiger partial charge in [0, 0.05) is 32.0 Å². The van der Waals surface area contributed by atoms with Gasteiger partial charge in [0.1, 0.15) is 0 Å². The van der Waals surface area contributed by atoms with Crippen LogP contribution in [0, 0.1) is 11.3 Å². The van der Waals surface area contributed by atoms with Crippen LogP contribution in [-0.2, 0) is 9.59 Å². The minimum absolute atomic E-state index is 0.0411. The maximum Gasteiger partial charge on any atom is 0.223 e. The molecule has 1 heterocycles. The van der Waals surface area contributed by atoms with Crippen molar-refractivity contribution in [1.82, 2.24) is 10.2 Å². The van der Waals surface area contributed by atoms with Crippen molar-refractivity contribution in [3.05, 3.63) is 0 Å². The molecular formula is C16H30N2O2. The largest absolute Gasteiger partial charge is 0.353 e. The van der Waals surface area contributed by atoms with Crippen LogP contribution in [0.3, 0.4) is 0 Å². The number of hydrogen-bond donors (Lipinski definition) is 1. The smallest absolute Gasteiger partial charge is 0.223 e. The van der Waals surface area contributed by atoms with Gasteiger partial charge in [-0.1, -0.05) is 34.6 Å². The molecule has 0 spiro atoms. The van der Waals surface area contributed by atoms with E-state index in [0.29, 0.717) is 18.8 Å². The van der Waals surface area contributed by atoms with Crippen molar-refractivity contribution < 1.29 is 9.59 Å². The van der Waals surface area contributed by atoms with Gasteiger partial charge in [-0.05, 0) is 24.2 Å². The molecule has 0 aliphatic carbocycles. The molecule has 1 saturated heterocycles. The van der Waals surface area contributed by atoms with Crippen molar-refractivity contribution in [1.29, 1.82) is 0 Å². The van der Waals surface area contributed by atoms with Crippen LogP contribution in [0.2, 0.25) is 0 Å². The Bertz CT molecular complexity index is 337. The molecule has 1 aliphatic rings. The number of nitrogens with zero attached hydrogens (tertiary/aromatic N) is 1. The average Bonchev–Trinajstić information content (AvgIpc) is 2.26. The monoisotopic (exact) mass is 282 g/mol. The highest BCUT2D eigenvalue weighted by Gasteiger charge is 2.26. The lowest BCUT2D eigenvalue weighted by Crippen LogP contribution is -2.47. The Morgan fingerprint density at radius 1 is 1.20 bits per heavy atom. The number of piperidine rings is 1. The zero-order valence-electron chi connectivity index (χ0n) is 13.7. The molecule has 0 bridgehead atoms. The number of rotatable bonds is 4. The molecular weight excluding hydrogens is 252 g/mol. The molecule has 0 saturated carbocycles. The fourth-order valence-electron chi connectivity index (χ4n) is 2.50. The zero-order valence-corrected chi connectivity index (χ0v) is 13.7. The summed E-state index contributed by atoms with van der Waals surface area (Å²) in [5, 5.41) is 3.08. The molecule has 2 amide bonds. The van der Waals surface area contributed by atoms with Crippen LogP contribution >= 0.6 is 0 Å². The first-order chi connectivity index (χ1) is 9.17. The average molecular weight is 282 g/mol. The molecule has 0 aromatic carbocycles. The lowest BCUT2D eigenvalue weighted by atomic mass is 9.91. The maximum absolute atomic E-state index is 12.1. The van der Waals surface area contributed by atoms with E-state index in [1.54, 1.807) is 0 Å². The first-order valence-corrected chi connectivity index (χ1v) is 7.74. The van der Waals surface area contributed by atoms with Crippen molar-refractivity contribution in [2.45, 2.75) is 66.3 Å². The summed E-state index contributed by atoms with van der Waals surface area (Å²) in [6.45, 7) is 11.9. The topological polar surface area (TPSA) is 49.4 Å². The number of likely N-dealkylation sites (tertiary alicyclic amines) is 1. The fraction of sp³-hybridized carbons (Fsp3) is 0.875. The van der Waals surface area contributed by atoms with E-state index >= 15 is 0 Å². The molecule has 1 N–H and O–H groups in total. The van der Waals surface area contributed by atoms with Gasteiger partial charge in [-0.2, -0.15) is 0 Å². The van der Waals surface area contributed by atoms with Gasteiger partial charge >= 0.3 is 0 Å². The highest BCUT2D eigenvalue weighted by Crippen LogP contribution is 2.21. The third-order valence-corrected chi connectivity index (χ3v) is 3.49. The van der Waals surface area contributed by atoms with E-state index in [1.165, 1.54) is 0 Å². The van der Waals surface area contributed by atoms with Crippen LogP contribution < -0.4 is 5.32 Å². The normalized spacial score (nSPS) is 17.4. The molecule has 0 unspecified atom stereocenters. The first-order valence-electron chi connectivity index (χ1n) is 7.74. The third-order valence-electron chi connectivity index (χ3n) is 3.49. The van der Waals surface area contributed by atoms with Crippen molar-refractivity contribution in [2.75, 3.05) is 13.1 Å². The Morgan fingerprint density at radius 2 is 1.75 bits per heavy atom. The fourth-order valence-corrected chi connectivity index (χ4v) is 2.50. The first kappa shape index (κ1) is 17.0. The van der Waals surface area contributed by atoms with Crippen molar-refractivity contribution >= 4 is 11.8 Å². The summed E-state index contributed by atoms with van der Waals surface area (Å²) in [4.78, 5) is 25.8. The quantitative estimate of drug-likeness (QED) is 0.861. The molecule has 4 nitrogen and oxygen atoms in total. The standard InChI is InChI=1S/C16H30N2O2/c1-12(2)10-14(19)17-13-6-8-18(9-7-13)15(20)11-16(3,4)5/h12-13H,6-11H2,1-5H3,(H,17,19). The van der Waals surface area contributed by atoms with Crippen LogP contribution in [0.1, 0.15) is 60.3 Å². The molecule has 0 aromatic rings. The summed E-state index contributed by atoms with van der Waals surface area (Å²) in [5.41, 5.74) is 0.0411. The van der Waals surface area contributed by atoms with Gasteiger partial charge in [-0.3, -0.25) is 9.59 Å². The van der Waals surface area contributed by atoms with Crippen LogP contribution in [0.5, 0.6) is 0 Å². The molecule has 4 heteroatoms. The lowest BCUT2D eigenvalue weighted by molar-refractivity contribution is -0.134. The molecule has 20 heavy (non-hydrogen) atoms. The lowest BCUT2D eigenvalue weighted by Gasteiger charge is -2.34. The number of nitrogens with one attached hydrogen (secondary N) is 1. The molecule has 0 aromatic heterocycles. The van der Waals surface area contributed by atoms with Gasteiger partial charge in [0.05, 0.1) is 0 Å². The zero-order chi connectivity index (χ0) is 15.3. The highest BCUT2D eigenvalue weighted by molar-refractivity contribution is 5.77. The Morgan fingerprint density at radius 3 is 2.20 bits per heavy atom.